The number of rotatable bonds is 7. The molecule has 0 amide bonds. The highest BCUT2D eigenvalue weighted by Gasteiger charge is 2.24. The van der Waals surface area contributed by atoms with Crippen LogP contribution in [0.2, 0.25) is 0 Å². The molecule has 0 saturated carbocycles. The maximum absolute atomic E-state index is 12.7. The molecule has 0 aliphatic heterocycles. The maximum atomic E-state index is 12.7. The van der Waals surface area contributed by atoms with Crippen molar-refractivity contribution >= 4 is 21.8 Å². The summed E-state index contributed by atoms with van der Waals surface area (Å²) in [5.41, 5.74) is 3.53. The van der Waals surface area contributed by atoms with E-state index in [1.165, 1.54) is 45.3 Å². The lowest BCUT2D eigenvalue weighted by Crippen LogP contribution is -2.26. The summed E-state index contributed by atoms with van der Waals surface area (Å²) in [4.78, 5) is 29.8. The summed E-state index contributed by atoms with van der Waals surface area (Å²) in [5, 5.41) is 0. The van der Waals surface area contributed by atoms with E-state index in [-0.39, 0.29) is 16.2 Å². The van der Waals surface area contributed by atoms with E-state index in [2.05, 4.69) is 0 Å². The SMILES string of the molecule is CON(C)S(=O)(=O)c1ccc(C(=O)O[C@H](C)C(=O)c2cc(C)c(C)cc2C)cc1. The number of hydrogen-bond acceptors (Lipinski definition) is 6. The van der Waals surface area contributed by atoms with Gasteiger partial charge in [-0.2, -0.15) is 0 Å². The van der Waals surface area contributed by atoms with E-state index in [0.717, 1.165) is 16.7 Å². The fraction of sp³-hybridized carbons (Fsp3) is 0.333. The molecule has 0 N–H and O–H groups in total. The van der Waals surface area contributed by atoms with Gasteiger partial charge in [0.1, 0.15) is 0 Å². The highest BCUT2D eigenvalue weighted by atomic mass is 32.2. The fourth-order valence-electron chi connectivity index (χ4n) is 2.74. The van der Waals surface area contributed by atoms with Crippen LogP contribution in [0, 0.1) is 20.8 Å². The number of nitrogens with zero attached hydrogens (tertiary/aromatic N) is 1. The normalized spacial score (nSPS) is 12.7. The van der Waals surface area contributed by atoms with Gasteiger partial charge in [-0.1, -0.05) is 10.5 Å². The summed E-state index contributed by atoms with van der Waals surface area (Å²) < 4.78 is 30.4. The van der Waals surface area contributed by atoms with Gasteiger partial charge in [-0.05, 0) is 74.7 Å². The van der Waals surface area contributed by atoms with Gasteiger partial charge < -0.3 is 4.74 Å². The minimum absolute atomic E-state index is 0.0340. The Morgan fingerprint density at radius 1 is 0.966 bits per heavy atom. The number of aryl methyl sites for hydroxylation is 3. The maximum Gasteiger partial charge on any atom is 0.338 e. The highest BCUT2D eigenvalue weighted by Crippen LogP contribution is 2.19. The third-order valence-corrected chi connectivity index (χ3v) is 6.44. The Labute approximate surface area is 171 Å². The van der Waals surface area contributed by atoms with Crippen LogP contribution in [0.4, 0.5) is 0 Å². The average molecular weight is 419 g/mol. The fourth-order valence-corrected chi connectivity index (χ4v) is 3.71. The van der Waals surface area contributed by atoms with E-state index in [1.54, 1.807) is 6.07 Å². The zero-order valence-electron chi connectivity index (χ0n) is 17.3. The second kappa shape index (κ2) is 8.86. The van der Waals surface area contributed by atoms with Crippen LogP contribution < -0.4 is 0 Å². The van der Waals surface area contributed by atoms with Crippen molar-refractivity contribution in [3.8, 4) is 0 Å². The molecule has 0 fully saturated rings. The first-order valence-electron chi connectivity index (χ1n) is 8.95. The van der Waals surface area contributed by atoms with Crippen LogP contribution in [0.5, 0.6) is 0 Å². The first-order chi connectivity index (χ1) is 13.5. The van der Waals surface area contributed by atoms with Crippen LogP contribution in [0.1, 0.15) is 44.3 Å². The number of ether oxygens (including phenoxy) is 1. The number of hydroxylamine groups is 1. The van der Waals surface area contributed by atoms with E-state index in [1.807, 2.05) is 26.8 Å². The Bertz CT molecular complexity index is 1030. The van der Waals surface area contributed by atoms with Crippen molar-refractivity contribution in [2.24, 2.45) is 0 Å². The van der Waals surface area contributed by atoms with Crippen LogP contribution in [0.25, 0.3) is 0 Å². The van der Waals surface area contributed by atoms with Crippen molar-refractivity contribution in [3.05, 3.63) is 64.2 Å². The summed E-state index contributed by atoms with van der Waals surface area (Å²) in [6.07, 6.45) is -0.980. The van der Waals surface area contributed by atoms with E-state index < -0.39 is 22.1 Å². The summed E-state index contributed by atoms with van der Waals surface area (Å²) in [6.45, 7) is 7.23. The van der Waals surface area contributed by atoms with Gasteiger partial charge in [0.15, 0.2) is 6.10 Å². The first kappa shape index (κ1) is 22.7. The molecule has 0 aliphatic carbocycles. The van der Waals surface area contributed by atoms with E-state index in [4.69, 9.17) is 9.57 Å². The zero-order valence-corrected chi connectivity index (χ0v) is 18.2. The number of hydrogen-bond donors (Lipinski definition) is 0. The molecule has 7 nitrogen and oxygen atoms in total. The molecule has 0 spiro atoms. The highest BCUT2D eigenvalue weighted by molar-refractivity contribution is 7.89. The van der Waals surface area contributed by atoms with Gasteiger partial charge in [0.2, 0.25) is 5.78 Å². The molecule has 2 rings (SSSR count). The number of sulfonamides is 1. The predicted molar refractivity (Wildman–Crippen MR) is 108 cm³/mol. The summed E-state index contributed by atoms with van der Waals surface area (Å²) in [6, 6.07) is 8.94. The minimum Gasteiger partial charge on any atom is -0.451 e. The summed E-state index contributed by atoms with van der Waals surface area (Å²) in [5.74, 6) is -1.00. The van der Waals surface area contributed by atoms with Gasteiger partial charge in [0, 0.05) is 12.6 Å². The lowest BCUT2D eigenvalue weighted by molar-refractivity contribution is -0.0258. The van der Waals surface area contributed by atoms with Crippen LogP contribution in [0.15, 0.2) is 41.3 Å². The molecular formula is C21H25NO6S. The van der Waals surface area contributed by atoms with Crippen LogP contribution in [0.3, 0.4) is 0 Å². The molecule has 0 heterocycles. The van der Waals surface area contributed by atoms with E-state index in [0.29, 0.717) is 10.0 Å². The quantitative estimate of drug-likeness (QED) is 0.389. The Balaban J connectivity index is 2.16. The van der Waals surface area contributed by atoms with E-state index in [9.17, 15) is 18.0 Å². The van der Waals surface area contributed by atoms with E-state index >= 15 is 0 Å². The topological polar surface area (TPSA) is 90.0 Å². The molecule has 29 heavy (non-hydrogen) atoms. The second-order valence-electron chi connectivity index (χ2n) is 6.78. The summed E-state index contributed by atoms with van der Waals surface area (Å²) in [7, 11) is -1.31. The van der Waals surface area contributed by atoms with Crippen LogP contribution in [-0.4, -0.2) is 44.9 Å². The molecule has 8 heteroatoms. The largest absolute Gasteiger partial charge is 0.451 e. The third-order valence-electron chi connectivity index (χ3n) is 4.74. The van der Waals surface area contributed by atoms with Gasteiger partial charge in [0.25, 0.3) is 10.0 Å². The van der Waals surface area contributed by atoms with Gasteiger partial charge in [-0.15, -0.1) is 0 Å². The Kier molecular flexibility index (Phi) is 6.94. The van der Waals surface area contributed by atoms with Crippen LogP contribution in [-0.2, 0) is 19.6 Å². The van der Waals surface area contributed by atoms with Crippen molar-refractivity contribution in [2.45, 2.75) is 38.7 Å². The van der Waals surface area contributed by atoms with Crippen LogP contribution >= 0.6 is 0 Å². The van der Waals surface area contributed by atoms with Gasteiger partial charge in [0.05, 0.1) is 17.6 Å². The minimum atomic E-state index is -3.81. The molecule has 0 radical (unpaired) electrons. The van der Waals surface area contributed by atoms with Gasteiger partial charge >= 0.3 is 5.97 Å². The number of Topliss-reactive ketones (excluding diaryl/α,β-unsaturated/α-hetero) is 1. The number of ketones is 1. The van der Waals surface area contributed by atoms with Crippen molar-refractivity contribution in [3.63, 3.8) is 0 Å². The summed E-state index contributed by atoms with van der Waals surface area (Å²) >= 11 is 0. The number of carbonyl (C=O) groups excluding carboxylic acids is 2. The second-order valence-corrected chi connectivity index (χ2v) is 8.72. The van der Waals surface area contributed by atoms with Crippen molar-refractivity contribution in [2.75, 3.05) is 14.2 Å². The average Bonchev–Trinajstić information content (AvgIpc) is 2.69. The van der Waals surface area contributed by atoms with Crippen molar-refractivity contribution in [1.82, 2.24) is 4.47 Å². The molecule has 0 aromatic heterocycles. The lowest BCUT2D eigenvalue weighted by Gasteiger charge is -2.16. The molecular weight excluding hydrogens is 394 g/mol. The molecule has 156 valence electrons. The standard InChI is InChI=1S/C21H25NO6S/c1-13-11-15(3)19(12-14(13)2)20(23)16(4)28-21(24)17-7-9-18(10-8-17)29(25,26)22(5)27-6/h7-12,16H,1-6H3/t16-/m1/s1. The Morgan fingerprint density at radius 2 is 1.52 bits per heavy atom. The predicted octanol–water partition coefficient (Wildman–Crippen LogP) is 3.22. The molecule has 2 aromatic carbocycles. The molecule has 0 unspecified atom stereocenters. The monoisotopic (exact) mass is 419 g/mol. The van der Waals surface area contributed by atoms with Crippen molar-refractivity contribution < 1.29 is 27.6 Å². The smallest absolute Gasteiger partial charge is 0.338 e. The number of carbonyl (C=O) groups is 2. The molecule has 1 atom stereocenters. The van der Waals surface area contributed by atoms with Crippen molar-refractivity contribution in [1.29, 1.82) is 0 Å². The Hall–Kier alpha value is -2.55. The first-order valence-corrected chi connectivity index (χ1v) is 10.4. The third kappa shape index (κ3) is 4.90. The molecule has 0 saturated heterocycles. The molecule has 2 aromatic rings. The molecule has 0 bridgehead atoms. The van der Waals surface area contributed by atoms with Gasteiger partial charge in [-0.25, -0.2) is 13.2 Å². The van der Waals surface area contributed by atoms with Gasteiger partial charge in [-0.3, -0.25) is 9.63 Å². The Morgan fingerprint density at radius 3 is 2.07 bits per heavy atom. The lowest BCUT2D eigenvalue weighted by atomic mass is 9.96. The molecule has 0 aliphatic rings. The number of esters is 1. The zero-order chi connectivity index (χ0) is 21.9. The number of benzene rings is 2.